The molecule has 7 heteroatoms. The van der Waals surface area contributed by atoms with Crippen LogP contribution in [-0.4, -0.2) is 43.7 Å². The molecule has 0 bridgehead atoms. The lowest BCUT2D eigenvalue weighted by atomic mass is 9.66. The van der Waals surface area contributed by atoms with E-state index in [4.69, 9.17) is 5.73 Å². The van der Waals surface area contributed by atoms with Crippen LogP contribution < -0.4 is 5.73 Å². The highest BCUT2D eigenvalue weighted by molar-refractivity contribution is 5.91. The summed E-state index contributed by atoms with van der Waals surface area (Å²) in [6, 6.07) is 9.85. The van der Waals surface area contributed by atoms with Gasteiger partial charge in [0.05, 0.1) is 5.60 Å². The molecule has 2 fully saturated rings. The van der Waals surface area contributed by atoms with Crippen LogP contribution in [0.15, 0.2) is 30.3 Å². The molecule has 1 aromatic heterocycles. The summed E-state index contributed by atoms with van der Waals surface area (Å²) in [6.07, 6.45) is 4.48. The van der Waals surface area contributed by atoms with Crippen molar-refractivity contribution >= 4 is 11.9 Å². The summed E-state index contributed by atoms with van der Waals surface area (Å²) in [6.45, 7) is 0.492. The van der Waals surface area contributed by atoms with Gasteiger partial charge in [-0.2, -0.15) is 4.98 Å². The molecule has 0 spiro atoms. The summed E-state index contributed by atoms with van der Waals surface area (Å²) in [5, 5.41) is 17.9. The SMILES string of the molecule is Nc1n[nH]c(C(=O)N2CC[C@](O)(c3ccccc3)[C@@H]3CCCC[C@@H]32)n1. The van der Waals surface area contributed by atoms with E-state index < -0.39 is 5.60 Å². The average molecular weight is 341 g/mol. The number of carbonyl (C=O) groups excluding carboxylic acids is 1. The van der Waals surface area contributed by atoms with Crippen LogP contribution in [0.2, 0.25) is 0 Å². The van der Waals surface area contributed by atoms with E-state index in [9.17, 15) is 9.90 Å². The van der Waals surface area contributed by atoms with E-state index in [0.717, 1.165) is 31.2 Å². The zero-order valence-electron chi connectivity index (χ0n) is 14.1. The zero-order chi connectivity index (χ0) is 17.4. The van der Waals surface area contributed by atoms with Crippen molar-refractivity contribution in [2.45, 2.75) is 43.7 Å². The number of aromatic nitrogens is 3. The molecule has 25 heavy (non-hydrogen) atoms. The van der Waals surface area contributed by atoms with Crippen LogP contribution in [0.4, 0.5) is 5.95 Å². The highest BCUT2D eigenvalue weighted by atomic mass is 16.3. The van der Waals surface area contributed by atoms with Crippen molar-refractivity contribution in [2.24, 2.45) is 5.92 Å². The number of rotatable bonds is 2. The molecule has 1 aliphatic heterocycles. The third-order valence-corrected chi connectivity index (χ3v) is 5.72. The van der Waals surface area contributed by atoms with Crippen LogP contribution in [0.5, 0.6) is 0 Å². The van der Waals surface area contributed by atoms with Gasteiger partial charge in [-0.05, 0) is 24.8 Å². The van der Waals surface area contributed by atoms with E-state index >= 15 is 0 Å². The number of likely N-dealkylation sites (tertiary alicyclic amines) is 1. The van der Waals surface area contributed by atoms with Gasteiger partial charge in [0.25, 0.3) is 5.91 Å². The van der Waals surface area contributed by atoms with Gasteiger partial charge < -0.3 is 15.7 Å². The smallest absolute Gasteiger partial charge is 0.291 e. The van der Waals surface area contributed by atoms with Crippen molar-refractivity contribution in [3.05, 3.63) is 41.7 Å². The van der Waals surface area contributed by atoms with E-state index in [2.05, 4.69) is 15.2 Å². The Labute approximate surface area is 146 Å². The molecule has 132 valence electrons. The van der Waals surface area contributed by atoms with Gasteiger partial charge in [0.2, 0.25) is 11.8 Å². The minimum Gasteiger partial charge on any atom is -0.385 e. The van der Waals surface area contributed by atoms with E-state index in [1.54, 1.807) is 0 Å². The van der Waals surface area contributed by atoms with Crippen LogP contribution >= 0.6 is 0 Å². The van der Waals surface area contributed by atoms with Gasteiger partial charge in [-0.15, -0.1) is 5.10 Å². The Kier molecular flexibility index (Phi) is 3.95. The Morgan fingerprint density at radius 1 is 1.28 bits per heavy atom. The summed E-state index contributed by atoms with van der Waals surface area (Å²) in [5.41, 5.74) is 5.59. The van der Waals surface area contributed by atoms with Gasteiger partial charge in [0, 0.05) is 18.5 Å². The first-order valence-corrected chi connectivity index (χ1v) is 8.86. The molecule has 3 atom stereocenters. The molecule has 2 aromatic rings. The van der Waals surface area contributed by atoms with E-state index in [-0.39, 0.29) is 29.6 Å². The number of anilines is 1. The first kappa shape index (κ1) is 16.1. The number of nitrogen functional groups attached to an aromatic ring is 1. The number of hydrogen-bond donors (Lipinski definition) is 3. The number of amides is 1. The fourth-order valence-electron chi connectivity index (χ4n) is 4.53. The van der Waals surface area contributed by atoms with E-state index in [1.165, 1.54) is 0 Å². The fraction of sp³-hybridized carbons (Fsp3) is 0.500. The van der Waals surface area contributed by atoms with Gasteiger partial charge in [-0.3, -0.25) is 9.89 Å². The van der Waals surface area contributed by atoms with Gasteiger partial charge >= 0.3 is 0 Å². The number of benzene rings is 1. The van der Waals surface area contributed by atoms with Crippen LogP contribution in [-0.2, 0) is 5.60 Å². The van der Waals surface area contributed by atoms with E-state index in [0.29, 0.717) is 13.0 Å². The molecule has 4 rings (SSSR count). The molecule has 2 aliphatic rings. The lowest BCUT2D eigenvalue weighted by Gasteiger charge is -2.52. The molecule has 1 amide bonds. The third-order valence-electron chi connectivity index (χ3n) is 5.72. The van der Waals surface area contributed by atoms with Gasteiger partial charge in [0.1, 0.15) is 0 Å². The van der Waals surface area contributed by atoms with Gasteiger partial charge in [-0.25, -0.2) is 0 Å². The van der Waals surface area contributed by atoms with Crippen LogP contribution in [0.3, 0.4) is 0 Å². The van der Waals surface area contributed by atoms with Crippen LogP contribution in [0.1, 0.15) is 48.3 Å². The largest absolute Gasteiger partial charge is 0.385 e. The summed E-state index contributed by atoms with van der Waals surface area (Å²) in [5.74, 6) is 0.0890. The second-order valence-electron chi connectivity index (χ2n) is 7.04. The molecular formula is C18H23N5O2. The predicted molar refractivity (Wildman–Crippen MR) is 92.5 cm³/mol. The van der Waals surface area contributed by atoms with Crippen molar-refractivity contribution in [1.29, 1.82) is 0 Å². The number of aromatic amines is 1. The maximum Gasteiger partial charge on any atom is 0.291 e. The summed E-state index contributed by atoms with van der Waals surface area (Å²) in [7, 11) is 0. The van der Waals surface area contributed by atoms with Gasteiger partial charge in [-0.1, -0.05) is 43.2 Å². The summed E-state index contributed by atoms with van der Waals surface area (Å²) < 4.78 is 0. The van der Waals surface area contributed by atoms with Crippen molar-refractivity contribution in [3.63, 3.8) is 0 Å². The Morgan fingerprint density at radius 2 is 2.04 bits per heavy atom. The number of nitrogens with two attached hydrogens (primary N) is 1. The molecule has 0 radical (unpaired) electrons. The number of H-pyrrole nitrogens is 1. The van der Waals surface area contributed by atoms with Crippen molar-refractivity contribution in [2.75, 3.05) is 12.3 Å². The fourth-order valence-corrected chi connectivity index (χ4v) is 4.53. The molecule has 2 heterocycles. The van der Waals surface area contributed by atoms with Gasteiger partial charge in [0.15, 0.2) is 0 Å². The number of nitrogens with zero attached hydrogens (tertiary/aromatic N) is 3. The Balaban J connectivity index is 1.65. The maximum absolute atomic E-state index is 12.9. The summed E-state index contributed by atoms with van der Waals surface area (Å²) >= 11 is 0. The molecule has 1 aliphatic carbocycles. The highest BCUT2D eigenvalue weighted by Crippen LogP contribution is 2.47. The normalized spacial score (nSPS) is 29.2. The predicted octanol–water partition coefficient (Wildman–Crippen LogP) is 1.68. The molecule has 7 nitrogen and oxygen atoms in total. The first-order chi connectivity index (χ1) is 12.1. The first-order valence-electron chi connectivity index (χ1n) is 8.86. The average Bonchev–Trinajstić information content (AvgIpc) is 3.09. The minimum atomic E-state index is -0.885. The second kappa shape index (κ2) is 6.15. The van der Waals surface area contributed by atoms with Crippen molar-refractivity contribution < 1.29 is 9.90 Å². The molecule has 0 unspecified atom stereocenters. The number of nitrogens with one attached hydrogen (secondary N) is 1. The highest BCUT2D eigenvalue weighted by Gasteiger charge is 2.50. The topological polar surface area (TPSA) is 108 Å². The zero-order valence-corrected chi connectivity index (χ0v) is 14.1. The third kappa shape index (κ3) is 2.68. The number of piperidine rings is 1. The van der Waals surface area contributed by atoms with Crippen molar-refractivity contribution in [3.8, 4) is 0 Å². The van der Waals surface area contributed by atoms with Crippen LogP contribution in [0.25, 0.3) is 0 Å². The Bertz CT molecular complexity index is 762. The Morgan fingerprint density at radius 3 is 2.76 bits per heavy atom. The summed E-state index contributed by atoms with van der Waals surface area (Å²) in [4.78, 5) is 18.7. The number of aliphatic hydroxyl groups is 1. The molecule has 1 aromatic carbocycles. The molecule has 1 saturated heterocycles. The Hall–Kier alpha value is -2.41. The molecular weight excluding hydrogens is 318 g/mol. The lowest BCUT2D eigenvalue weighted by molar-refractivity contribution is -0.110. The lowest BCUT2D eigenvalue weighted by Crippen LogP contribution is -2.59. The molecule has 4 N–H and O–H groups in total. The quantitative estimate of drug-likeness (QED) is 0.770. The van der Waals surface area contributed by atoms with E-state index in [1.807, 2.05) is 35.2 Å². The monoisotopic (exact) mass is 341 g/mol. The molecule has 1 saturated carbocycles. The number of carbonyl (C=O) groups is 1. The van der Waals surface area contributed by atoms with Crippen LogP contribution in [0, 0.1) is 5.92 Å². The minimum absolute atomic E-state index is 0.00605. The second-order valence-corrected chi connectivity index (χ2v) is 7.04. The standard InChI is InChI=1S/C18H23N5O2/c19-17-20-15(21-22-17)16(24)23-11-10-18(25,12-6-2-1-3-7-12)13-8-4-5-9-14(13)23/h1-3,6-7,13-14,25H,4-5,8-11H2,(H3,19,20,21,22)/t13-,14+,18+/m1/s1. The number of fused-ring (bicyclic) bond motifs is 1. The number of hydrogen-bond acceptors (Lipinski definition) is 5. The maximum atomic E-state index is 12.9. The van der Waals surface area contributed by atoms with Crippen molar-refractivity contribution in [1.82, 2.24) is 20.1 Å².